The molecule has 0 saturated heterocycles. The van der Waals surface area contributed by atoms with E-state index in [4.69, 9.17) is 10.2 Å². The van der Waals surface area contributed by atoms with Crippen LogP contribution in [0.3, 0.4) is 0 Å². The van der Waals surface area contributed by atoms with Gasteiger partial charge in [0, 0.05) is 0 Å². The third-order valence-corrected chi connectivity index (χ3v) is 0.800. The van der Waals surface area contributed by atoms with Crippen molar-refractivity contribution in [3.8, 4) is 0 Å². The molecule has 0 unspecified atom stereocenters. The number of aliphatic hydroxyl groups is 1. The van der Waals surface area contributed by atoms with E-state index in [0.29, 0.717) is 0 Å². The van der Waals surface area contributed by atoms with E-state index in [1.807, 2.05) is 0 Å². The first-order valence-electron chi connectivity index (χ1n) is 2.43. The van der Waals surface area contributed by atoms with Gasteiger partial charge in [-0.1, -0.05) is 6.58 Å². The van der Waals surface area contributed by atoms with Crippen LogP contribution in [0.5, 0.6) is 0 Å². The Hall–Kier alpha value is -1.03. The predicted molar refractivity (Wildman–Crippen MR) is 31.8 cm³/mol. The summed E-state index contributed by atoms with van der Waals surface area (Å²) in [6.45, 7) is 2.82. The van der Waals surface area contributed by atoms with Crippen molar-refractivity contribution in [2.45, 2.75) is 6.04 Å². The van der Waals surface area contributed by atoms with Crippen LogP contribution in [0.2, 0.25) is 0 Å². The van der Waals surface area contributed by atoms with Gasteiger partial charge in [0.15, 0.2) is 0 Å². The van der Waals surface area contributed by atoms with E-state index in [0.717, 1.165) is 0 Å². The Bertz CT molecular complexity index is 113. The summed E-state index contributed by atoms with van der Waals surface area (Å²) in [5.41, 5.74) is 0. The lowest BCUT2D eigenvalue weighted by atomic mass is 10.3. The lowest BCUT2D eigenvalue weighted by molar-refractivity contribution is -0.140. The maximum Gasteiger partial charge on any atom is 0.328 e. The van der Waals surface area contributed by atoms with Crippen molar-refractivity contribution < 1.29 is 15.0 Å². The highest BCUT2D eigenvalue weighted by atomic mass is 16.4. The molecular weight excluding hydrogens is 122 g/mol. The quantitative estimate of drug-likeness (QED) is 0.465. The molecule has 0 spiro atoms. The summed E-state index contributed by atoms with van der Waals surface area (Å²) < 4.78 is 0. The second kappa shape index (κ2) is 3.91. The highest BCUT2D eigenvalue weighted by Crippen LogP contribution is 1.79. The highest BCUT2D eigenvalue weighted by molar-refractivity contribution is 5.73. The zero-order valence-corrected chi connectivity index (χ0v) is 4.87. The number of rotatable bonds is 4. The normalized spacial score (nSPS) is 12.1. The van der Waals surface area contributed by atoms with Crippen LogP contribution in [0.25, 0.3) is 0 Å². The Morgan fingerprint density at radius 1 is 1.89 bits per heavy atom. The van der Waals surface area contributed by atoms with Crippen LogP contribution in [-0.2, 0) is 4.79 Å². The molecule has 0 aromatic rings. The summed E-state index contributed by atoms with van der Waals surface area (Å²) in [4.78, 5) is 10.1. The molecule has 0 radical (unpaired) electrons. The van der Waals surface area contributed by atoms with Gasteiger partial charge in [-0.2, -0.15) is 0 Å². The van der Waals surface area contributed by atoms with E-state index in [2.05, 4.69) is 11.9 Å². The summed E-state index contributed by atoms with van der Waals surface area (Å²) in [5, 5.41) is 18.9. The number of hydrogen-bond donors (Lipinski definition) is 3. The van der Waals surface area contributed by atoms with Gasteiger partial charge >= 0.3 is 5.97 Å². The third kappa shape index (κ3) is 2.71. The van der Waals surface area contributed by atoms with E-state index >= 15 is 0 Å². The molecular formula is C5H9NO3. The zero-order chi connectivity index (χ0) is 7.28. The summed E-state index contributed by atoms with van der Waals surface area (Å²) >= 11 is 0. The molecule has 52 valence electrons. The second-order valence-electron chi connectivity index (χ2n) is 1.44. The van der Waals surface area contributed by atoms with Crippen molar-refractivity contribution in [3.05, 3.63) is 12.8 Å². The van der Waals surface area contributed by atoms with Gasteiger partial charge in [0.05, 0.1) is 6.61 Å². The molecule has 0 saturated carbocycles. The molecule has 1 atom stereocenters. The van der Waals surface area contributed by atoms with Gasteiger partial charge in [0.25, 0.3) is 0 Å². The number of nitrogens with one attached hydrogen (secondary N) is 1. The van der Waals surface area contributed by atoms with Gasteiger partial charge in [-0.3, -0.25) is 0 Å². The Kier molecular flexibility index (Phi) is 3.46. The minimum atomic E-state index is -1.09. The lowest BCUT2D eigenvalue weighted by Crippen LogP contribution is -2.36. The molecule has 4 heteroatoms. The molecule has 0 amide bonds. The molecule has 0 bridgehead atoms. The largest absolute Gasteiger partial charge is 0.480 e. The van der Waals surface area contributed by atoms with Crippen LogP contribution in [-0.4, -0.2) is 28.8 Å². The van der Waals surface area contributed by atoms with Gasteiger partial charge in [0.1, 0.15) is 6.04 Å². The maximum atomic E-state index is 10.1. The molecule has 3 N–H and O–H groups in total. The summed E-state index contributed by atoms with van der Waals surface area (Å²) in [6.07, 6.45) is 1.23. The highest BCUT2D eigenvalue weighted by Gasteiger charge is 2.11. The number of aliphatic carboxylic acids is 1. The monoisotopic (exact) mass is 131 g/mol. The molecule has 4 nitrogen and oxygen atoms in total. The van der Waals surface area contributed by atoms with Gasteiger partial charge < -0.3 is 15.5 Å². The van der Waals surface area contributed by atoms with Crippen molar-refractivity contribution in [2.24, 2.45) is 0 Å². The summed E-state index contributed by atoms with van der Waals surface area (Å²) in [7, 11) is 0. The standard InChI is InChI=1S/C5H9NO3/c1-2-6-4(3-7)5(8)9/h2,4,6-7H,1,3H2,(H,8,9)/t4-/m0/s1. The molecule has 0 aliphatic heterocycles. The topological polar surface area (TPSA) is 69.6 Å². The first kappa shape index (κ1) is 7.97. The molecule has 0 rings (SSSR count). The van der Waals surface area contributed by atoms with Crippen molar-refractivity contribution in [1.29, 1.82) is 0 Å². The molecule has 9 heavy (non-hydrogen) atoms. The first-order valence-corrected chi connectivity index (χ1v) is 2.43. The van der Waals surface area contributed by atoms with Crippen LogP contribution in [0.4, 0.5) is 0 Å². The fourth-order valence-corrected chi connectivity index (χ4v) is 0.344. The fraction of sp³-hybridized carbons (Fsp3) is 0.400. The fourth-order valence-electron chi connectivity index (χ4n) is 0.344. The zero-order valence-electron chi connectivity index (χ0n) is 4.87. The van der Waals surface area contributed by atoms with Gasteiger partial charge in [-0.15, -0.1) is 0 Å². The minimum absolute atomic E-state index is 0.429. The molecule has 0 fully saturated rings. The average Bonchev–Trinajstić information content (AvgIpc) is 1.82. The SMILES string of the molecule is C=CN[C@@H](CO)C(=O)O. The smallest absolute Gasteiger partial charge is 0.328 e. The average molecular weight is 131 g/mol. The molecule has 0 aliphatic rings. The molecule has 0 heterocycles. The third-order valence-electron chi connectivity index (χ3n) is 0.800. The molecule has 0 aromatic heterocycles. The number of carboxylic acid groups (broad SMARTS) is 1. The van der Waals surface area contributed by atoms with Crippen molar-refractivity contribution in [2.75, 3.05) is 6.61 Å². The van der Waals surface area contributed by atoms with Crippen molar-refractivity contribution >= 4 is 5.97 Å². The number of aliphatic hydroxyl groups excluding tert-OH is 1. The second-order valence-corrected chi connectivity index (χ2v) is 1.44. The van der Waals surface area contributed by atoms with Crippen LogP contribution in [0.1, 0.15) is 0 Å². The van der Waals surface area contributed by atoms with E-state index in [9.17, 15) is 4.79 Å². The Balaban J connectivity index is 3.67. The van der Waals surface area contributed by atoms with E-state index in [1.165, 1.54) is 6.20 Å². The summed E-state index contributed by atoms with van der Waals surface area (Å²) in [6, 6.07) is -0.928. The van der Waals surface area contributed by atoms with Gasteiger partial charge in [-0.05, 0) is 6.20 Å². The Morgan fingerprint density at radius 2 is 2.44 bits per heavy atom. The maximum absolute atomic E-state index is 10.1. The predicted octanol–water partition coefficient (Wildman–Crippen LogP) is -0.835. The Labute approximate surface area is 52.8 Å². The van der Waals surface area contributed by atoms with E-state index in [-0.39, 0.29) is 0 Å². The van der Waals surface area contributed by atoms with E-state index < -0.39 is 18.6 Å². The van der Waals surface area contributed by atoms with Crippen LogP contribution in [0, 0.1) is 0 Å². The van der Waals surface area contributed by atoms with Crippen LogP contribution in [0.15, 0.2) is 12.8 Å². The number of carboxylic acids is 1. The van der Waals surface area contributed by atoms with Gasteiger partial charge in [0.2, 0.25) is 0 Å². The summed E-state index contributed by atoms with van der Waals surface area (Å²) in [5.74, 6) is -1.09. The first-order chi connectivity index (χ1) is 4.22. The van der Waals surface area contributed by atoms with Crippen molar-refractivity contribution in [3.63, 3.8) is 0 Å². The molecule has 0 aliphatic carbocycles. The minimum Gasteiger partial charge on any atom is -0.480 e. The molecule has 0 aromatic carbocycles. The van der Waals surface area contributed by atoms with Crippen molar-refractivity contribution in [1.82, 2.24) is 5.32 Å². The Morgan fingerprint density at radius 3 is 2.56 bits per heavy atom. The van der Waals surface area contributed by atoms with E-state index in [1.54, 1.807) is 0 Å². The van der Waals surface area contributed by atoms with Gasteiger partial charge in [-0.25, -0.2) is 4.79 Å². The number of hydrogen-bond acceptors (Lipinski definition) is 3. The van der Waals surface area contributed by atoms with Crippen LogP contribution >= 0.6 is 0 Å². The lowest BCUT2D eigenvalue weighted by Gasteiger charge is -2.06. The number of carbonyl (C=O) groups is 1. The van der Waals surface area contributed by atoms with Crippen LogP contribution < -0.4 is 5.32 Å².